The van der Waals surface area contributed by atoms with Crippen molar-refractivity contribution in [1.82, 2.24) is 14.2 Å². The zero-order valence-electron chi connectivity index (χ0n) is 13.6. The first-order chi connectivity index (χ1) is 11.6. The van der Waals surface area contributed by atoms with Crippen LogP contribution in [-0.2, 0) is 15.8 Å². The van der Waals surface area contributed by atoms with Gasteiger partial charge in [-0.1, -0.05) is 30.3 Å². The zero-order valence-corrected chi connectivity index (χ0v) is 15.3. The number of benzene rings is 1. The second kappa shape index (κ2) is 7.65. The van der Waals surface area contributed by atoms with Crippen molar-refractivity contribution in [2.24, 2.45) is 0 Å². The highest BCUT2D eigenvalue weighted by molar-refractivity contribution is 7.98. The second-order valence-corrected chi connectivity index (χ2v) is 8.75. The van der Waals surface area contributed by atoms with Crippen LogP contribution in [0.1, 0.15) is 5.56 Å². The number of piperazine rings is 1. The normalized spacial score (nSPS) is 17.0. The molecule has 7 heteroatoms. The monoisotopic (exact) mass is 363 g/mol. The van der Waals surface area contributed by atoms with Crippen molar-refractivity contribution in [3.63, 3.8) is 0 Å². The van der Waals surface area contributed by atoms with Crippen LogP contribution in [0.2, 0.25) is 0 Å². The molecule has 0 atom stereocenters. The number of sulfonamides is 1. The average molecular weight is 364 g/mol. The number of nitrogens with zero attached hydrogens (tertiary/aromatic N) is 3. The van der Waals surface area contributed by atoms with Crippen molar-refractivity contribution >= 4 is 21.8 Å². The topological polar surface area (TPSA) is 53.5 Å². The molecule has 0 unspecified atom stereocenters. The first-order valence-corrected chi connectivity index (χ1v) is 10.3. The number of aromatic nitrogens is 1. The Morgan fingerprint density at radius 3 is 2.38 bits per heavy atom. The van der Waals surface area contributed by atoms with E-state index in [1.54, 1.807) is 28.2 Å². The van der Waals surface area contributed by atoms with E-state index >= 15 is 0 Å². The number of rotatable bonds is 5. The molecular weight excluding hydrogens is 342 g/mol. The summed E-state index contributed by atoms with van der Waals surface area (Å²) in [6.07, 6.45) is 1.47. The maximum atomic E-state index is 12.6. The summed E-state index contributed by atoms with van der Waals surface area (Å²) in [4.78, 5) is 6.72. The molecule has 0 aliphatic carbocycles. The minimum absolute atomic E-state index is 0.274. The average Bonchev–Trinajstić information content (AvgIpc) is 2.61. The van der Waals surface area contributed by atoms with Gasteiger partial charge in [-0.3, -0.25) is 0 Å². The largest absolute Gasteiger partial charge is 0.304 e. The molecule has 1 aliphatic rings. The molecule has 1 aromatic heterocycles. The van der Waals surface area contributed by atoms with Gasteiger partial charge in [0.05, 0.1) is 5.03 Å². The summed E-state index contributed by atoms with van der Waals surface area (Å²) < 4.78 is 26.8. The highest BCUT2D eigenvalue weighted by Gasteiger charge is 2.27. The number of pyridine rings is 1. The summed E-state index contributed by atoms with van der Waals surface area (Å²) in [7, 11) is -1.43. The van der Waals surface area contributed by atoms with E-state index in [0.717, 1.165) is 23.9 Å². The lowest BCUT2D eigenvalue weighted by Crippen LogP contribution is -2.47. The molecule has 0 amide bonds. The maximum Gasteiger partial charge on any atom is 0.244 e. The smallest absolute Gasteiger partial charge is 0.244 e. The minimum atomic E-state index is -3.43. The predicted octanol–water partition coefficient (Wildman–Crippen LogP) is 2.31. The SMILES string of the molecule is CN1CCN(S(=O)(=O)c2ccc(SCc3ccccc3)nc2)CC1. The summed E-state index contributed by atoms with van der Waals surface area (Å²) >= 11 is 1.60. The van der Waals surface area contributed by atoms with E-state index < -0.39 is 10.0 Å². The minimum Gasteiger partial charge on any atom is -0.304 e. The molecule has 1 aliphatic heterocycles. The summed E-state index contributed by atoms with van der Waals surface area (Å²) in [6.45, 7) is 2.59. The molecule has 2 aromatic rings. The summed E-state index contributed by atoms with van der Waals surface area (Å²) in [6, 6.07) is 13.6. The summed E-state index contributed by atoms with van der Waals surface area (Å²) in [5.74, 6) is 0.818. The molecule has 128 valence electrons. The van der Waals surface area contributed by atoms with Gasteiger partial charge >= 0.3 is 0 Å². The Hall–Kier alpha value is -1.41. The highest BCUT2D eigenvalue weighted by Crippen LogP contribution is 2.23. The van der Waals surface area contributed by atoms with Crippen LogP contribution in [-0.4, -0.2) is 55.8 Å². The second-order valence-electron chi connectivity index (χ2n) is 5.81. The van der Waals surface area contributed by atoms with Gasteiger partial charge in [0, 0.05) is 38.1 Å². The fraction of sp³-hybridized carbons (Fsp3) is 0.353. The van der Waals surface area contributed by atoms with Crippen molar-refractivity contribution in [2.75, 3.05) is 33.2 Å². The third-order valence-electron chi connectivity index (χ3n) is 4.04. The van der Waals surface area contributed by atoms with E-state index in [4.69, 9.17) is 0 Å². The lowest BCUT2D eigenvalue weighted by molar-refractivity contribution is 0.222. The van der Waals surface area contributed by atoms with Crippen LogP contribution < -0.4 is 0 Å². The molecule has 5 nitrogen and oxygen atoms in total. The Morgan fingerprint density at radius 1 is 1.04 bits per heavy atom. The van der Waals surface area contributed by atoms with Crippen LogP contribution >= 0.6 is 11.8 Å². The van der Waals surface area contributed by atoms with Crippen LogP contribution in [0.15, 0.2) is 58.6 Å². The quantitative estimate of drug-likeness (QED) is 0.763. The zero-order chi connectivity index (χ0) is 17.0. The molecule has 2 heterocycles. The third kappa shape index (κ3) is 4.16. The Bertz CT molecular complexity index is 756. The first kappa shape index (κ1) is 17.4. The van der Waals surface area contributed by atoms with Crippen molar-refractivity contribution < 1.29 is 8.42 Å². The third-order valence-corrected chi connectivity index (χ3v) is 6.94. The standard InChI is InChI=1S/C17H21N3O2S2/c1-19-9-11-20(12-10-19)24(21,22)16-7-8-17(18-13-16)23-14-15-5-3-2-4-6-15/h2-8,13H,9-12,14H2,1H3. The van der Waals surface area contributed by atoms with E-state index in [1.165, 1.54) is 11.8 Å². The van der Waals surface area contributed by atoms with Crippen molar-refractivity contribution in [3.8, 4) is 0 Å². The van der Waals surface area contributed by atoms with Crippen LogP contribution in [0.4, 0.5) is 0 Å². The molecular formula is C17H21N3O2S2. The molecule has 1 aromatic carbocycles. The highest BCUT2D eigenvalue weighted by atomic mass is 32.2. The van der Waals surface area contributed by atoms with E-state index in [9.17, 15) is 8.42 Å². The molecule has 3 rings (SSSR count). The molecule has 1 fully saturated rings. The van der Waals surface area contributed by atoms with Crippen molar-refractivity contribution in [1.29, 1.82) is 0 Å². The first-order valence-electron chi connectivity index (χ1n) is 7.87. The molecule has 0 saturated carbocycles. The van der Waals surface area contributed by atoms with E-state index in [-0.39, 0.29) is 4.90 Å². The Morgan fingerprint density at radius 2 is 1.75 bits per heavy atom. The lowest BCUT2D eigenvalue weighted by atomic mass is 10.2. The number of likely N-dealkylation sites (N-methyl/N-ethyl adjacent to an activating group) is 1. The number of hydrogen-bond donors (Lipinski definition) is 0. The van der Waals surface area contributed by atoms with Gasteiger partial charge in [-0.15, -0.1) is 11.8 Å². The van der Waals surface area contributed by atoms with Gasteiger partial charge in [-0.05, 0) is 24.7 Å². The Kier molecular flexibility index (Phi) is 5.55. The van der Waals surface area contributed by atoms with Gasteiger partial charge in [-0.25, -0.2) is 13.4 Å². The van der Waals surface area contributed by atoms with Gasteiger partial charge in [0.25, 0.3) is 0 Å². The number of hydrogen-bond acceptors (Lipinski definition) is 5. The van der Waals surface area contributed by atoms with Gasteiger partial charge in [0.2, 0.25) is 10.0 Å². The fourth-order valence-corrected chi connectivity index (χ4v) is 4.68. The lowest BCUT2D eigenvalue weighted by Gasteiger charge is -2.31. The molecule has 0 bridgehead atoms. The summed E-state index contributed by atoms with van der Waals surface area (Å²) in [5.41, 5.74) is 1.22. The van der Waals surface area contributed by atoms with Crippen LogP contribution in [0.25, 0.3) is 0 Å². The maximum absolute atomic E-state index is 12.6. The Labute approximate surface area is 147 Å². The van der Waals surface area contributed by atoms with Gasteiger partial charge in [0.1, 0.15) is 4.90 Å². The molecule has 0 radical (unpaired) electrons. The molecule has 1 saturated heterocycles. The summed E-state index contributed by atoms with van der Waals surface area (Å²) in [5, 5.41) is 0.830. The van der Waals surface area contributed by atoms with Crippen LogP contribution in [0.3, 0.4) is 0 Å². The van der Waals surface area contributed by atoms with E-state index in [1.807, 2.05) is 25.2 Å². The van der Waals surface area contributed by atoms with Crippen LogP contribution in [0.5, 0.6) is 0 Å². The van der Waals surface area contributed by atoms with Gasteiger partial charge < -0.3 is 4.90 Å². The Balaban J connectivity index is 1.65. The molecule has 0 spiro atoms. The predicted molar refractivity (Wildman–Crippen MR) is 96.5 cm³/mol. The number of thioether (sulfide) groups is 1. The fourth-order valence-electron chi connectivity index (χ4n) is 2.51. The van der Waals surface area contributed by atoms with Crippen molar-refractivity contribution in [2.45, 2.75) is 15.7 Å². The van der Waals surface area contributed by atoms with E-state index in [2.05, 4.69) is 22.0 Å². The molecule has 24 heavy (non-hydrogen) atoms. The van der Waals surface area contributed by atoms with Crippen molar-refractivity contribution in [3.05, 3.63) is 54.2 Å². The van der Waals surface area contributed by atoms with Gasteiger partial charge in [-0.2, -0.15) is 4.31 Å². The molecule has 0 N–H and O–H groups in total. The van der Waals surface area contributed by atoms with Crippen LogP contribution in [0, 0.1) is 0 Å². The van der Waals surface area contributed by atoms with E-state index in [0.29, 0.717) is 13.1 Å². The van der Waals surface area contributed by atoms with Gasteiger partial charge in [0.15, 0.2) is 0 Å².